The van der Waals surface area contributed by atoms with Crippen LogP contribution in [0.2, 0.25) is 5.02 Å². The van der Waals surface area contributed by atoms with Crippen molar-refractivity contribution in [3.63, 3.8) is 0 Å². The Morgan fingerprint density at radius 2 is 1.80 bits per heavy atom. The number of cyclic esters (lactones) is 1. The average Bonchev–Trinajstić information content (AvgIpc) is 3.40. The first-order valence-corrected chi connectivity index (χ1v) is 11.9. The molecule has 1 saturated heterocycles. The molecule has 0 radical (unpaired) electrons. The van der Waals surface area contributed by atoms with Crippen LogP contribution in [-0.2, 0) is 20.6 Å². The minimum Gasteiger partial charge on any atom is -0.444 e. The SMILES string of the molecule is C[C@H](Cc1ccc2c(c1)OC(COCCO)(COCCO)O2)N1C[C@@H](c2cccc(Cl)c2)OC1=O. The Labute approximate surface area is 209 Å². The van der Waals surface area contributed by atoms with Crippen LogP contribution in [0.3, 0.4) is 0 Å². The third-order valence-electron chi connectivity index (χ3n) is 5.84. The number of nitrogens with zero attached hydrogens (tertiary/aromatic N) is 1. The van der Waals surface area contributed by atoms with Crippen LogP contribution in [0.15, 0.2) is 42.5 Å². The second-order valence-corrected chi connectivity index (χ2v) is 9.02. The highest BCUT2D eigenvalue weighted by Gasteiger charge is 2.43. The minimum absolute atomic E-state index is 0.0455. The lowest BCUT2D eigenvalue weighted by molar-refractivity contribution is -0.172. The number of aliphatic hydroxyl groups is 2. The van der Waals surface area contributed by atoms with E-state index in [0.717, 1.165) is 11.1 Å². The van der Waals surface area contributed by atoms with Gasteiger partial charge in [0.2, 0.25) is 0 Å². The molecule has 0 saturated carbocycles. The number of carbonyl (C=O) groups excluding carboxylic acids is 1. The van der Waals surface area contributed by atoms with Gasteiger partial charge in [-0.2, -0.15) is 0 Å². The number of hydrogen-bond donors (Lipinski definition) is 2. The Hall–Kier alpha value is -2.56. The van der Waals surface area contributed by atoms with Crippen molar-refractivity contribution in [1.82, 2.24) is 4.90 Å². The van der Waals surface area contributed by atoms with Crippen molar-refractivity contribution in [3.8, 4) is 11.5 Å². The van der Waals surface area contributed by atoms with E-state index in [4.69, 9.17) is 45.5 Å². The zero-order valence-corrected chi connectivity index (χ0v) is 20.3. The molecule has 9 nitrogen and oxygen atoms in total. The molecule has 2 N–H and O–H groups in total. The summed E-state index contributed by atoms with van der Waals surface area (Å²) >= 11 is 6.09. The van der Waals surface area contributed by atoms with Gasteiger partial charge in [0.25, 0.3) is 5.79 Å². The van der Waals surface area contributed by atoms with E-state index in [-0.39, 0.29) is 57.9 Å². The third kappa shape index (κ3) is 6.17. The van der Waals surface area contributed by atoms with E-state index in [1.54, 1.807) is 11.0 Å². The maximum atomic E-state index is 12.6. The van der Waals surface area contributed by atoms with Crippen LogP contribution >= 0.6 is 11.6 Å². The van der Waals surface area contributed by atoms with Crippen molar-refractivity contribution in [2.24, 2.45) is 0 Å². The number of carbonyl (C=O) groups is 1. The molecule has 35 heavy (non-hydrogen) atoms. The Bertz CT molecular complexity index is 1010. The van der Waals surface area contributed by atoms with E-state index in [1.165, 1.54) is 0 Å². The van der Waals surface area contributed by atoms with E-state index in [0.29, 0.717) is 29.5 Å². The van der Waals surface area contributed by atoms with Crippen LogP contribution in [0.25, 0.3) is 0 Å². The monoisotopic (exact) mass is 507 g/mol. The molecule has 0 bridgehead atoms. The fourth-order valence-electron chi connectivity index (χ4n) is 4.18. The summed E-state index contributed by atoms with van der Waals surface area (Å²) in [5.74, 6) is -0.126. The van der Waals surface area contributed by atoms with Gasteiger partial charge in [0.05, 0.1) is 33.0 Å². The van der Waals surface area contributed by atoms with Gasteiger partial charge < -0.3 is 38.8 Å². The highest BCUT2D eigenvalue weighted by Crippen LogP contribution is 2.41. The first-order chi connectivity index (χ1) is 16.9. The summed E-state index contributed by atoms with van der Waals surface area (Å²) in [6.45, 7) is 2.53. The zero-order valence-electron chi connectivity index (χ0n) is 19.5. The fourth-order valence-corrected chi connectivity index (χ4v) is 4.38. The number of amides is 1. The molecule has 0 aromatic heterocycles. The van der Waals surface area contributed by atoms with Crippen LogP contribution in [-0.4, -0.2) is 79.2 Å². The number of rotatable bonds is 12. The van der Waals surface area contributed by atoms with Crippen LogP contribution in [0, 0.1) is 0 Å². The van der Waals surface area contributed by atoms with E-state index in [9.17, 15) is 4.79 Å². The molecule has 2 aliphatic rings. The molecule has 0 spiro atoms. The maximum absolute atomic E-state index is 12.6. The number of aliphatic hydroxyl groups excluding tert-OH is 2. The largest absolute Gasteiger partial charge is 0.444 e. The van der Waals surface area contributed by atoms with Crippen molar-refractivity contribution in [1.29, 1.82) is 0 Å². The molecule has 0 aliphatic carbocycles. The van der Waals surface area contributed by atoms with Crippen LogP contribution in [0.4, 0.5) is 4.79 Å². The predicted molar refractivity (Wildman–Crippen MR) is 127 cm³/mol. The maximum Gasteiger partial charge on any atom is 0.410 e. The molecule has 2 heterocycles. The molecule has 1 amide bonds. The molecular weight excluding hydrogens is 478 g/mol. The molecule has 0 unspecified atom stereocenters. The number of halogens is 1. The van der Waals surface area contributed by atoms with Crippen molar-refractivity contribution < 1.29 is 38.7 Å². The lowest BCUT2D eigenvalue weighted by atomic mass is 10.0. The number of fused-ring (bicyclic) bond motifs is 1. The Kier molecular flexibility index (Phi) is 8.35. The topological polar surface area (TPSA) is 107 Å². The average molecular weight is 508 g/mol. The highest BCUT2D eigenvalue weighted by atomic mass is 35.5. The fraction of sp³-hybridized carbons (Fsp3) is 0.480. The van der Waals surface area contributed by atoms with E-state index in [1.807, 2.05) is 43.3 Å². The van der Waals surface area contributed by atoms with Gasteiger partial charge in [-0.25, -0.2) is 4.79 Å². The van der Waals surface area contributed by atoms with Crippen molar-refractivity contribution in [3.05, 3.63) is 58.6 Å². The molecule has 1 fully saturated rings. The van der Waals surface area contributed by atoms with Crippen LogP contribution in [0.1, 0.15) is 24.2 Å². The summed E-state index contributed by atoms with van der Waals surface area (Å²) in [5.41, 5.74) is 1.83. The first-order valence-electron chi connectivity index (χ1n) is 11.5. The minimum atomic E-state index is -1.21. The predicted octanol–water partition coefficient (Wildman–Crippen LogP) is 2.95. The smallest absolute Gasteiger partial charge is 0.410 e. The molecule has 10 heteroatoms. The van der Waals surface area contributed by atoms with E-state index in [2.05, 4.69) is 0 Å². The van der Waals surface area contributed by atoms with Gasteiger partial charge in [-0.3, -0.25) is 0 Å². The first kappa shape index (κ1) is 25.5. The van der Waals surface area contributed by atoms with Crippen molar-refractivity contribution in [2.45, 2.75) is 31.3 Å². The molecular formula is C25H30ClNO8. The van der Waals surface area contributed by atoms with Gasteiger partial charge >= 0.3 is 6.09 Å². The van der Waals surface area contributed by atoms with Crippen molar-refractivity contribution in [2.75, 3.05) is 46.2 Å². The molecule has 2 atom stereocenters. The normalized spacial score (nSPS) is 19.1. The van der Waals surface area contributed by atoms with Crippen molar-refractivity contribution >= 4 is 17.7 Å². The van der Waals surface area contributed by atoms with Gasteiger partial charge in [-0.15, -0.1) is 0 Å². The van der Waals surface area contributed by atoms with E-state index >= 15 is 0 Å². The molecule has 4 rings (SSSR count). The van der Waals surface area contributed by atoms with Gasteiger partial charge in [0, 0.05) is 11.1 Å². The number of ether oxygens (including phenoxy) is 5. The molecule has 2 aliphatic heterocycles. The Morgan fingerprint density at radius 3 is 2.49 bits per heavy atom. The van der Waals surface area contributed by atoms with E-state index < -0.39 is 5.79 Å². The summed E-state index contributed by atoms with van der Waals surface area (Å²) in [6, 6.07) is 12.8. The second-order valence-electron chi connectivity index (χ2n) is 8.58. The number of hydrogen-bond acceptors (Lipinski definition) is 8. The number of benzene rings is 2. The molecule has 2 aromatic rings. The lowest BCUT2D eigenvalue weighted by Crippen LogP contribution is -2.48. The van der Waals surface area contributed by atoms with Gasteiger partial charge in [-0.1, -0.05) is 29.8 Å². The Morgan fingerprint density at radius 1 is 1.09 bits per heavy atom. The lowest BCUT2D eigenvalue weighted by Gasteiger charge is -2.27. The van der Waals surface area contributed by atoms with Crippen LogP contribution in [0.5, 0.6) is 11.5 Å². The Balaban J connectivity index is 1.40. The standard InChI is InChI=1S/C25H30ClNO8/c1-17(27-14-23(33-24(27)30)19-3-2-4-20(26)13-19)11-18-5-6-21-22(12-18)35-25(34-21,15-31-9-7-28)16-32-10-8-29/h2-6,12-13,17,23,28-29H,7-11,14-16H2,1H3/t17-,23+/m1/s1. The third-order valence-corrected chi connectivity index (χ3v) is 6.07. The molecule has 2 aromatic carbocycles. The summed E-state index contributed by atoms with van der Waals surface area (Å²) in [7, 11) is 0. The van der Waals surface area contributed by atoms with Crippen LogP contribution < -0.4 is 9.47 Å². The zero-order chi connectivity index (χ0) is 24.8. The molecule has 190 valence electrons. The van der Waals surface area contributed by atoms with Gasteiger partial charge in [-0.05, 0) is 48.7 Å². The quantitative estimate of drug-likeness (QED) is 0.422. The summed E-state index contributed by atoms with van der Waals surface area (Å²) < 4.78 is 28.6. The van der Waals surface area contributed by atoms with Gasteiger partial charge in [0.15, 0.2) is 11.5 Å². The second kappa shape index (κ2) is 11.5. The summed E-state index contributed by atoms with van der Waals surface area (Å²) in [6.07, 6.45) is -0.133. The highest BCUT2D eigenvalue weighted by molar-refractivity contribution is 6.30. The van der Waals surface area contributed by atoms with Gasteiger partial charge in [0.1, 0.15) is 19.3 Å². The summed E-state index contributed by atoms with van der Waals surface area (Å²) in [4.78, 5) is 14.3. The summed E-state index contributed by atoms with van der Waals surface area (Å²) in [5, 5.41) is 18.6.